The third-order valence-electron chi connectivity index (χ3n) is 4.47. The van der Waals surface area contributed by atoms with Gasteiger partial charge in [0.1, 0.15) is 12.0 Å². The molecule has 2 atom stereocenters. The minimum atomic E-state index is 0.0636. The number of aryl methyl sites for hydroxylation is 1. The fourth-order valence-electron chi connectivity index (χ4n) is 3.48. The Balaban J connectivity index is 2.12. The van der Waals surface area contributed by atoms with Crippen molar-refractivity contribution in [3.05, 3.63) is 29.3 Å². The summed E-state index contributed by atoms with van der Waals surface area (Å²) < 4.78 is 0. The summed E-state index contributed by atoms with van der Waals surface area (Å²) >= 11 is 0. The van der Waals surface area contributed by atoms with Gasteiger partial charge in [-0.05, 0) is 55.4 Å². The number of phenolic OH excluding ortho intramolecular Hbond substituents is 1. The fourth-order valence-corrected chi connectivity index (χ4v) is 3.48. The maximum absolute atomic E-state index is 11.1. The molecule has 1 N–H and O–H groups in total. The first kappa shape index (κ1) is 9.88. The number of hydrogen-bond donors (Lipinski definition) is 1. The van der Waals surface area contributed by atoms with Crippen molar-refractivity contribution in [3.63, 3.8) is 0 Å². The molecule has 2 aliphatic rings. The summed E-state index contributed by atoms with van der Waals surface area (Å²) in [6.45, 7) is 0. The Hall–Kier alpha value is -1.31. The lowest BCUT2D eigenvalue weighted by atomic mass is 9.52. The lowest BCUT2D eigenvalue weighted by Crippen LogP contribution is -2.47. The van der Waals surface area contributed by atoms with Crippen molar-refractivity contribution < 1.29 is 9.90 Å². The summed E-state index contributed by atoms with van der Waals surface area (Å²) in [6, 6.07) is 5.66. The number of carbonyl (C=O) groups is 1. The van der Waals surface area contributed by atoms with Crippen LogP contribution in [-0.4, -0.2) is 11.4 Å². The van der Waals surface area contributed by atoms with Gasteiger partial charge in [0.25, 0.3) is 0 Å². The van der Waals surface area contributed by atoms with Gasteiger partial charge in [-0.1, -0.05) is 6.07 Å². The zero-order valence-electron chi connectivity index (χ0n) is 9.28. The Kier molecular flexibility index (Phi) is 2.06. The van der Waals surface area contributed by atoms with E-state index >= 15 is 0 Å². The predicted molar refractivity (Wildman–Crippen MR) is 61.5 cm³/mol. The van der Waals surface area contributed by atoms with Crippen molar-refractivity contribution in [2.45, 2.75) is 37.5 Å². The van der Waals surface area contributed by atoms with Crippen LogP contribution in [0.2, 0.25) is 0 Å². The first-order valence-corrected chi connectivity index (χ1v) is 6.04. The third kappa shape index (κ3) is 1.16. The van der Waals surface area contributed by atoms with Crippen LogP contribution >= 0.6 is 0 Å². The molecule has 16 heavy (non-hydrogen) atoms. The Morgan fingerprint density at radius 3 is 2.94 bits per heavy atom. The summed E-state index contributed by atoms with van der Waals surface area (Å²) in [5, 5.41) is 9.61. The quantitative estimate of drug-likeness (QED) is 0.732. The molecule has 0 radical (unpaired) electrons. The number of benzene rings is 1. The van der Waals surface area contributed by atoms with Crippen molar-refractivity contribution in [1.82, 2.24) is 0 Å². The highest BCUT2D eigenvalue weighted by atomic mass is 16.3. The Bertz CT molecular complexity index is 438. The van der Waals surface area contributed by atoms with Crippen molar-refractivity contribution in [2.24, 2.45) is 5.92 Å². The molecule has 0 saturated heterocycles. The second-order valence-corrected chi connectivity index (χ2v) is 5.13. The SMILES string of the molecule is O=C[C@H]1CC[C@@]12CCCc1ccc(O)cc12. The molecule has 3 rings (SSSR count). The number of fused-ring (bicyclic) bond motifs is 2. The van der Waals surface area contributed by atoms with Gasteiger partial charge < -0.3 is 9.90 Å². The van der Waals surface area contributed by atoms with Crippen molar-refractivity contribution in [3.8, 4) is 5.75 Å². The van der Waals surface area contributed by atoms with Crippen LogP contribution in [0.3, 0.4) is 0 Å². The van der Waals surface area contributed by atoms with Gasteiger partial charge >= 0.3 is 0 Å². The molecule has 0 unspecified atom stereocenters. The summed E-state index contributed by atoms with van der Waals surface area (Å²) in [6.07, 6.45) is 6.59. The van der Waals surface area contributed by atoms with Crippen LogP contribution in [-0.2, 0) is 16.6 Å². The van der Waals surface area contributed by atoms with E-state index in [0.29, 0.717) is 5.75 Å². The molecular formula is C14H16O2. The van der Waals surface area contributed by atoms with E-state index in [9.17, 15) is 9.90 Å². The van der Waals surface area contributed by atoms with Crippen LogP contribution in [0.25, 0.3) is 0 Å². The minimum Gasteiger partial charge on any atom is -0.508 e. The van der Waals surface area contributed by atoms with E-state index in [4.69, 9.17) is 0 Å². The highest BCUT2D eigenvalue weighted by molar-refractivity contribution is 5.62. The van der Waals surface area contributed by atoms with E-state index in [1.807, 2.05) is 12.1 Å². The molecular weight excluding hydrogens is 200 g/mol. The largest absolute Gasteiger partial charge is 0.508 e. The first-order chi connectivity index (χ1) is 7.76. The van der Waals surface area contributed by atoms with E-state index in [1.54, 1.807) is 6.07 Å². The van der Waals surface area contributed by atoms with Crippen molar-refractivity contribution >= 4 is 6.29 Å². The Morgan fingerprint density at radius 2 is 2.25 bits per heavy atom. The van der Waals surface area contributed by atoms with Gasteiger partial charge in [0, 0.05) is 11.3 Å². The summed E-state index contributed by atoms with van der Waals surface area (Å²) in [5.74, 6) is 0.505. The topological polar surface area (TPSA) is 37.3 Å². The molecule has 1 fully saturated rings. The molecule has 2 nitrogen and oxygen atoms in total. The Labute approximate surface area is 95.3 Å². The first-order valence-electron chi connectivity index (χ1n) is 6.04. The smallest absolute Gasteiger partial charge is 0.123 e. The monoisotopic (exact) mass is 216 g/mol. The number of aromatic hydroxyl groups is 1. The van der Waals surface area contributed by atoms with Crippen LogP contribution in [0.5, 0.6) is 5.75 Å². The molecule has 0 aromatic heterocycles. The second-order valence-electron chi connectivity index (χ2n) is 5.13. The molecule has 84 valence electrons. The maximum Gasteiger partial charge on any atom is 0.123 e. The fraction of sp³-hybridized carbons (Fsp3) is 0.500. The van der Waals surface area contributed by atoms with Crippen LogP contribution in [0.15, 0.2) is 18.2 Å². The minimum absolute atomic E-state index is 0.0636. The highest BCUT2D eigenvalue weighted by Crippen LogP contribution is 2.54. The molecule has 1 aromatic carbocycles. The second kappa shape index (κ2) is 3.34. The summed E-state index contributed by atoms with van der Waals surface area (Å²) in [4.78, 5) is 11.1. The van der Waals surface area contributed by atoms with Crippen LogP contribution in [0.4, 0.5) is 0 Å². The molecule has 1 spiro atoms. The van der Waals surface area contributed by atoms with Gasteiger partial charge in [-0.25, -0.2) is 0 Å². The van der Waals surface area contributed by atoms with Gasteiger partial charge in [-0.3, -0.25) is 0 Å². The van der Waals surface area contributed by atoms with Gasteiger partial charge in [0.2, 0.25) is 0 Å². The van der Waals surface area contributed by atoms with Gasteiger partial charge in [-0.2, -0.15) is 0 Å². The maximum atomic E-state index is 11.1. The molecule has 0 aliphatic heterocycles. The lowest BCUT2D eigenvalue weighted by molar-refractivity contribution is -0.117. The highest BCUT2D eigenvalue weighted by Gasteiger charge is 2.49. The van der Waals surface area contributed by atoms with Crippen LogP contribution in [0, 0.1) is 5.92 Å². The normalized spacial score (nSPS) is 31.9. The van der Waals surface area contributed by atoms with Crippen molar-refractivity contribution in [1.29, 1.82) is 0 Å². The summed E-state index contributed by atoms with van der Waals surface area (Å²) in [7, 11) is 0. The number of carbonyl (C=O) groups excluding carboxylic acids is 1. The molecule has 1 aromatic rings. The van der Waals surface area contributed by atoms with Gasteiger partial charge in [-0.15, -0.1) is 0 Å². The molecule has 2 heteroatoms. The van der Waals surface area contributed by atoms with Gasteiger partial charge in [0.05, 0.1) is 0 Å². The van der Waals surface area contributed by atoms with E-state index < -0.39 is 0 Å². The third-order valence-corrected chi connectivity index (χ3v) is 4.47. The van der Waals surface area contributed by atoms with Crippen LogP contribution < -0.4 is 0 Å². The number of hydrogen-bond acceptors (Lipinski definition) is 2. The average molecular weight is 216 g/mol. The molecule has 1 saturated carbocycles. The van der Waals surface area contributed by atoms with E-state index in [-0.39, 0.29) is 11.3 Å². The molecule has 0 amide bonds. The zero-order chi connectivity index (χ0) is 11.2. The molecule has 2 aliphatic carbocycles. The number of rotatable bonds is 1. The van der Waals surface area contributed by atoms with Crippen molar-refractivity contribution in [2.75, 3.05) is 0 Å². The standard InChI is InChI=1S/C14H16O2/c15-9-11-5-7-14(11)6-1-2-10-3-4-12(16)8-13(10)14/h3-4,8-9,11,16H,1-2,5-7H2/t11-,14+/m1/s1. The molecule has 0 bridgehead atoms. The zero-order valence-corrected chi connectivity index (χ0v) is 9.28. The van der Waals surface area contributed by atoms with E-state index in [0.717, 1.165) is 32.0 Å². The van der Waals surface area contributed by atoms with Crippen LogP contribution in [0.1, 0.15) is 36.8 Å². The predicted octanol–water partition coefficient (Wildman–Crippen LogP) is 2.58. The van der Waals surface area contributed by atoms with E-state index in [2.05, 4.69) is 0 Å². The Morgan fingerprint density at radius 1 is 1.38 bits per heavy atom. The van der Waals surface area contributed by atoms with E-state index in [1.165, 1.54) is 17.5 Å². The van der Waals surface area contributed by atoms with Gasteiger partial charge in [0.15, 0.2) is 0 Å². The average Bonchev–Trinajstić information content (AvgIpc) is 2.27. The summed E-state index contributed by atoms with van der Waals surface area (Å²) in [5.41, 5.74) is 2.63. The lowest BCUT2D eigenvalue weighted by Gasteiger charge is -2.51. The molecule has 0 heterocycles. The number of aldehydes is 1. The number of phenols is 1.